The fourth-order valence-corrected chi connectivity index (χ4v) is 4.17. The van der Waals surface area contributed by atoms with Gasteiger partial charge in [0.2, 0.25) is 5.91 Å². The molecule has 0 fully saturated rings. The maximum atomic E-state index is 12.8. The van der Waals surface area contributed by atoms with Crippen LogP contribution < -0.4 is 10.1 Å². The lowest BCUT2D eigenvalue weighted by Crippen LogP contribution is -2.28. The molecule has 0 aliphatic rings. The molecule has 0 saturated carbocycles. The molecule has 1 atom stereocenters. The van der Waals surface area contributed by atoms with Gasteiger partial charge in [0.15, 0.2) is 0 Å². The summed E-state index contributed by atoms with van der Waals surface area (Å²) in [7, 11) is 3.65. The first-order valence-corrected chi connectivity index (χ1v) is 11.3. The van der Waals surface area contributed by atoms with Crippen molar-refractivity contribution in [3.63, 3.8) is 0 Å². The summed E-state index contributed by atoms with van der Waals surface area (Å²) in [6.07, 6.45) is 2.44. The van der Waals surface area contributed by atoms with Crippen molar-refractivity contribution in [2.45, 2.75) is 12.3 Å². The van der Waals surface area contributed by atoms with Crippen LogP contribution in [0.15, 0.2) is 79.0 Å². The van der Waals surface area contributed by atoms with Crippen molar-refractivity contribution in [3.8, 4) is 11.5 Å². The van der Waals surface area contributed by atoms with Gasteiger partial charge in [-0.25, -0.2) is 0 Å². The Bertz CT molecular complexity index is 1230. The molecule has 170 valence electrons. The van der Waals surface area contributed by atoms with Crippen LogP contribution in [0, 0.1) is 0 Å². The summed E-state index contributed by atoms with van der Waals surface area (Å²) in [5.74, 6) is 1.26. The zero-order chi connectivity index (χ0) is 23.2. The number of hydrogen-bond donors (Lipinski definition) is 1. The Morgan fingerprint density at radius 1 is 1.03 bits per heavy atom. The maximum absolute atomic E-state index is 12.8. The highest BCUT2D eigenvalue weighted by molar-refractivity contribution is 6.30. The van der Waals surface area contributed by atoms with E-state index in [0.717, 1.165) is 22.0 Å². The molecule has 4 rings (SSSR count). The Kier molecular flexibility index (Phi) is 7.33. The van der Waals surface area contributed by atoms with E-state index >= 15 is 0 Å². The molecule has 0 spiro atoms. The minimum absolute atomic E-state index is 0.0194. The van der Waals surface area contributed by atoms with E-state index in [1.54, 1.807) is 19.2 Å². The van der Waals surface area contributed by atoms with Crippen LogP contribution in [0.5, 0.6) is 11.5 Å². The number of halogens is 1. The number of rotatable bonds is 9. The zero-order valence-corrected chi connectivity index (χ0v) is 19.5. The van der Waals surface area contributed by atoms with E-state index in [-0.39, 0.29) is 11.8 Å². The Morgan fingerprint density at radius 2 is 1.82 bits per heavy atom. The fourth-order valence-electron chi connectivity index (χ4n) is 4.04. The number of carbonyl (C=O) groups excluding carboxylic acids is 1. The number of amides is 1. The lowest BCUT2D eigenvalue weighted by atomic mass is 9.88. The van der Waals surface area contributed by atoms with Gasteiger partial charge in [0.1, 0.15) is 11.5 Å². The van der Waals surface area contributed by atoms with Crippen LogP contribution in [0.3, 0.4) is 0 Å². The second kappa shape index (κ2) is 10.6. The summed E-state index contributed by atoms with van der Waals surface area (Å²) in [5.41, 5.74) is 3.25. The van der Waals surface area contributed by atoms with Crippen molar-refractivity contribution < 1.29 is 14.3 Å². The average molecular weight is 463 g/mol. The predicted molar refractivity (Wildman–Crippen MR) is 132 cm³/mol. The summed E-state index contributed by atoms with van der Waals surface area (Å²) in [6, 6.07) is 23.4. The van der Waals surface area contributed by atoms with Crippen LogP contribution in [0.4, 0.5) is 0 Å². The number of fused-ring (bicyclic) bond motifs is 1. The molecule has 0 aliphatic carbocycles. The quantitative estimate of drug-likeness (QED) is 0.315. The van der Waals surface area contributed by atoms with Gasteiger partial charge in [-0.1, -0.05) is 41.9 Å². The van der Waals surface area contributed by atoms with Crippen LogP contribution in [0.2, 0.25) is 5.02 Å². The molecule has 1 amide bonds. The first-order chi connectivity index (χ1) is 16.0. The molecular weight excluding hydrogens is 436 g/mol. The van der Waals surface area contributed by atoms with E-state index in [2.05, 4.69) is 28.2 Å². The predicted octanol–water partition coefficient (Wildman–Crippen LogP) is 5.91. The number of carbonyl (C=O) groups is 1. The van der Waals surface area contributed by atoms with Gasteiger partial charge in [0.25, 0.3) is 0 Å². The molecule has 4 aromatic rings. The first kappa shape index (κ1) is 22.9. The fraction of sp³-hybridized carbons (Fsp3) is 0.222. The van der Waals surface area contributed by atoms with Gasteiger partial charge in [0, 0.05) is 55.2 Å². The lowest BCUT2D eigenvalue weighted by Gasteiger charge is -2.18. The molecule has 6 heteroatoms. The minimum Gasteiger partial charge on any atom is -0.457 e. The SMILES string of the molecule is COCCNC(=O)C[C@@H](c1cccc(Oc2ccc(Cl)cc2)c1)c1cn(C)c2ccccc12. The van der Waals surface area contributed by atoms with Gasteiger partial charge in [-0.2, -0.15) is 0 Å². The highest BCUT2D eigenvalue weighted by atomic mass is 35.5. The third-order valence-electron chi connectivity index (χ3n) is 5.63. The number of aromatic nitrogens is 1. The summed E-state index contributed by atoms with van der Waals surface area (Å²) >= 11 is 5.99. The molecule has 0 saturated heterocycles. The molecule has 33 heavy (non-hydrogen) atoms. The standard InChI is InChI=1S/C27H27ClN2O3/c1-30-18-25(23-8-3-4-9-26(23)30)24(17-27(31)29-14-15-32-2)19-6-5-7-22(16-19)33-21-12-10-20(28)11-13-21/h3-13,16,18,24H,14-15,17H2,1-2H3,(H,29,31)/t24-/m0/s1. The van der Waals surface area contributed by atoms with Crippen LogP contribution in [0.1, 0.15) is 23.5 Å². The molecule has 5 nitrogen and oxygen atoms in total. The van der Waals surface area contributed by atoms with E-state index < -0.39 is 0 Å². The number of methoxy groups -OCH3 is 1. The van der Waals surface area contributed by atoms with Crippen molar-refractivity contribution in [1.29, 1.82) is 0 Å². The summed E-state index contributed by atoms with van der Waals surface area (Å²) in [5, 5.41) is 4.75. The monoisotopic (exact) mass is 462 g/mol. The molecule has 3 aromatic carbocycles. The molecule has 1 heterocycles. The molecule has 0 radical (unpaired) electrons. The van der Waals surface area contributed by atoms with Crippen LogP contribution >= 0.6 is 11.6 Å². The van der Waals surface area contributed by atoms with E-state index in [1.807, 2.05) is 55.6 Å². The Hall–Kier alpha value is -3.28. The van der Waals surface area contributed by atoms with Gasteiger partial charge < -0.3 is 19.4 Å². The van der Waals surface area contributed by atoms with Crippen molar-refractivity contribution >= 4 is 28.4 Å². The molecule has 1 aromatic heterocycles. The molecule has 0 unspecified atom stereocenters. The van der Waals surface area contributed by atoms with Crippen molar-refractivity contribution in [1.82, 2.24) is 9.88 Å². The number of aryl methyl sites for hydroxylation is 1. The maximum Gasteiger partial charge on any atom is 0.221 e. The first-order valence-electron chi connectivity index (χ1n) is 10.9. The Labute approximate surface area is 198 Å². The van der Waals surface area contributed by atoms with Crippen molar-refractivity contribution in [2.24, 2.45) is 7.05 Å². The number of nitrogens with one attached hydrogen (secondary N) is 1. The lowest BCUT2D eigenvalue weighted by molar-refractivity contribution is -0.121. The second-order valence-electron chi connectivity index (χ2n) is 7.94. The molecular formula is C27H27ClN2O3. The molecule has 0 aliphatic heterocycles. The van der Waals surface area contributed by atoms with E-state index in [9.17, 15) is 4.79 Å². The molecule has 1 N–H and O–H groups in total. The average Bonchev–Trinajstić information content (AvgIpc) is 3.16. The normalized spacial score (nSPS) is 12.0. The van der Waals surface area contributed by atoms with E-state index in [4.69, 9.17) is 21.1 Å². The van der Waals surface area contributed by atoms with Gasteiger partial charge in [0.05, 0.1) is 6.61 Å². The third-order valence-corrected chi connectivity index (χ3v) is 5.88. The second-order valence-corrected chi connectivity index (χ2v) is 8.38. The Balaban J connectivity index is 1.68. The number of benzene rings is 3. The Morgan fingerprint density at radius 3 is 2.61 bits per heavy atom. The van der Waals surface area contributed by atoms with Crippen molar-refractivity contribution in [3.05, 3.63) is 95.1 Å². The van der Waals surface area contributed by atoms with E-state index in [1.165, 1.54) is 0 Å². The number of nitrogens with zero attached hydrogens (tertiary/aromatic N) is 1. The highest BCUT2D eigenvalue weighted by Gasteiger charge is 2.22. The number of hydrogen-bond acceptors (Lipinski definition) is 3. The number of para-hydroxylation sites is 1. The van der Waals surface area contributed by atoms with Crippen molar-refractivity contribution in [2.75, 3.05) is 20.3 Å². The summed E-state index contributed by atoms with van der Waals surface area (Å²) in [4.78, 5) is 12.8. The largest absolute Gasteiger partial charge is 0.457 e. The van der Waals surface area contributed by atoms with Crippen LogP contribution in [0.25, 0.3) is 10.9 Å². The van der Waals surface area contributed by atoms with Gasteiger partial charge in [-0.05, 0) is 53.6 Å². The van der Waals surface area contributed by atoms with Gasteiger partial charge in [-0.15, -0.1) is 0 Å². The minimum atomic E-state index is -0.132. The zero-order valence-electron chi connectivity index (χ0n) is 18.8. The number of ether oxygens (including phenoxy) is 2. The summed E-state index contributed by atoms with van der Waals surface area (Å²) < 4.78 is 13.2. The highest BCUT2D eigenvalue weighted by Crippen LogP contribution is 2.36. The van der Waals surface area contributed by atoms with Crippen LogP contribution in [-0.4, -0.2) is 30.7 Å². The van der Waals surface area contributed by atoms with Crippen LogP contribution in [-0.2, 0) is 16.6 Å². The third kappa shape index (κ3) is 5.56. The van der Waals surface area contributed by atoms with Gasteiger partial charge >= 0.3 is 0 Å². The summed E-state index contributed by atoms with van der Waals surface area (Å²) in [6.45, 7) is 0.965. The molecule has 0 bridgehead atoms. The smallest absolute Gasteiger partial charge is 0.221 e. The van der Waals surface area contributed by atoms with E-state index in [0.29, 0.717) is 36.1 Å². The van der Waals surface area contributed by atoms with Gasteiger partial charge in [-0.3, -0.25) is 4.79 Å². The topological polar surface area (TPSA) is 52.5 Å².